The van der Waals surface area contributed by atoms with Crippen LogP contribution < -0.4 is 10.1 Å². The first kappa shape index (κ1) is 15.2. The molecule has 0 fully saturated rings. The predicted molar refractivity (Wildman–Crippen MR) is 91.0 cm³/mol. The lowest BCUT2D eigenvalue weighted by Gasteiger charge is -2.04. The molecular weight excluding hydrogens is 310 g/mol. The molecule has 6 heteroatoms. The number of nitrogens with zero attached hydrogens (tertiary/aromatic N) is 2. The summed E-state index contributed by atoms with van der Waals surface area (Å²) in [5.41, 5.74) is 2.55. The van der Waals surface area contributed by atoms with Crippen LogP contribution in [0.15, 0.2) is 48.5 Å². The third kappa shape index (κ3) is 3.37. The minimum absolute atomic E-state index is 0.201. The molecule has 1 heterocycles. The topological polar surface area (TPSA) is 64.1 Å². The molecule has 1 aromatic heterocycles. The number of benzene rings is 2. The van der Waals surface area contributed by atoms with Crippen molar-refractivity contribution in [3.05, 3.63) is 59.7 Å². The molecule has 0 saturated heterocycles. The highest BCUT2D eigenvalue weighted by Crippen LogP contribution is 2.33. The average Bonchev–Trinajstić information content (AvgIpc) is 3.03. The zero-order chi connectivity index (χ0) is 16.2. The fourth-order valence-electron chi connectivity index (χ4n) is 2.08. The van der Waals surface area contributed by atoms with E-state index >= 15 is 0 Å². The number of aromatic nitrogens is 2. The van der Waals surface area contributed by atoms with Crippen LogP contribution in [-0.4, -0.2) is 23.2 Å². The first-order valence-electron chi connectivity index (χ1n) is 7.02. The number of ether oxygens (including phenoxy) is 1. The lowest BCUT2D eigenvalue weighted by molar-refractivity contribution is 0.102. The van der Waals surface area contributed by atoms with Gasteiger partial charge >= 0.3 is 0 Å². The largest absolute Gasteiger partial charge is 0.496 e. The SMILES string of the molecule is COc1ccccc1-c1nnc(NC(=O)c2ccc(C)cc2)s1. The average molecular weight is 325 g/mol. The van der Waals surface area contributed by atoms with Crippen LogP contribution in [0.5, 0.6) is 5.75 Å². The van der Waals surface area contributed by atoms with E-state index in [4.69, 9.17) is 4.74 Å². The Bertz CT molecular complexity index is 828. The molecule has 0 aliphatic rings. The minimum Gasteiger partial charge on any atom is -0.496 e. The van der Waals surface area contributed by atoms with Crippen molar-refractivity contribution in [2.24, 2.45) is 0 Å². The van der Waals surface area contributed by atoms with Gasteiger partial charge in [0, 0.05) is 5.56 Å². The van der Waals surface area contributed by atoms with Gasteiger partial charge in [-0.25, -0.2) is 0 Å². The zero-order valence-corrected chi connectivity index (χ0v) is 13.6. The van der Waals surface area contributed by atoms with Crippen LogP contribution in [0.3, 0.4) is 0 Å². The highest BCUT2D eigenvalue weighted by Gasteiger charge is 2.13. The van der Waals surface area contributed by atoms with Gasteiger partial charge in [0.25, 0.3) is 5.91 Å². The molecule has 116 valence electrons. The molecule has 0 atom stereocenters. The van der Waals surface area contributed by atoms with E-state index in [-0.39, 0.29) is 5.91 Å². The fourth-order valence-corrected chi connectivity index (χ4v) is 2.85. The van der Waals surface area contributed by atoms with Crippen molar-refractivity contribution < 1.29 is 9.53 Å². The molecule has 0 saturated carbocycles. The lowest BCUT2D eigenvalue weighted by Crippen LogP contribution is -2.11. The molecule has 3 rings (SSSR count). The fraction of sp³-hybridized carbons (Fsp3) is 0.118. The van der Waals surface area contributed by atoms with E-state index in [1.165, 1.54) is 11.3 Å². The van der Waals surface area contributed by atoms with E-state index in [0.29, 0.717) is 15.7 Å². The number of carbonyl (C=O) groups is 1. The second-order valence-electron chi connectivity index (χ2n) is 4.93. The van der Waals surface area contributed by atoms with Crippen LogP contribution in [0.4, 0.5) is 5.13 Å². The van der Waals surface area contributed by atoms with Crippen molar-refractivity contribution in [2.45, 2.75) is 6.92 Å². The summed E-state index contributed by atoms with van der Waals surface area (Å²) in [4.78, 5) is 12.2. The number of methoxy groups -OCH3 is 1. The molecule has 0 spiro atoms. The summed E-state index contributed by atoms with van der Waals surface area (Å²) < 4.78 is 5.32. The molecule has 0 aliphatic carbocycles. The Morgan fingerprint density at radius 2 is 1.83 bits per heavy atom. The first-order chi connectivity index (χ1) is 11.2. The van der Waals surface area contributed by atoms with E-state index in [0.717, 1.165) is 16.9 Å². The third-order valence-electron chi connectivity index (χ3n) is 3.30. The van der Waals surface area contributed by atoms with Gasteiger partial charge in [0.1, 0.15) is 5.75 Å². The van der Waals surface area contributed by atoms with Crippen LogP contribution in [-0.2, 0) is 0 Å². The summed E-state index contributed by atoms with van der Waals surface area (Å²) in [5, 5.41) is 12.1. The van der Waals surface area contributed by atoms with Gasteiger partial charge in [-0.2, -0.15) is 0 Å². The van der Waals surface area contributed by atoms with E-state index in [2.05, 4.69) is 15.5 Å². The Morgan fingerprint density at radius 1 is 1.09 bits per heavy atom. The van der Waals surface area contributed by atoms with Gasteiger partial charge in [0.2, 0.25) is 5.13 Å². The smallest absolute Gasteiger partial charge is 0.257 e. The van der Waals surface area contributed by atoms with Crippen molar-refractivity contribution in [1.82, 2.24) is 10.2 Å². The van der Waals surface area contributed by atoms with Gasteiger partial charge < -0.3 is 4.74 Å². The molecule has 2 aromatic carbocycles. The standard InChI is InChI=1S/C17H15N3O2S/c1-11-7-9-12(10-8-11)15(21)18-17-20-19-16(23-17)13-5-3-4-6-14(13)22-2/h3-10H,1-2H3,(H,18,20,21). The molecule has 3 aromatic rings. The van der Waals surface area contributed by atoms with Gasteiger partial charge in [-0.05, 0) is 31.2 Å². The molecule has 1 N–H and O–H groups in total. The van der Waals surface area contributed by atoms with Crippen LogP contribution in [0, 0.1) is 6.92 Å². The minimum atomic E-state index is -0.201. The monoisotopic (exact) mass is 325 g/mol. The number of amides is 1. The molecule has 0 bridgehead atoms. The number of hydrogen-bond donors (Lipinski definition) is 1. The van der Waals surface area contributed by atoms with Gasteiger partial charge in [-0.3, -0.25) is 10.1 Å². The highest BCUT2D eigenvalue weighted by atomic mass is 32.1. The van der Waals surface area contributed by atoms with Gasteiger partial charge in [0.05, 0.1) is 12.7 Å². The molecule has 0 unspecified atom stereocenters. The second kappa shape index (κ2) is 6.58. The van der Waals surface area contributed by atoms with E-state index in [9.17, 15) is 4.79 Å². The molecule has 0 aliphatic heterocycles. The van der Waals surface area contributed by atoms with Crippen molar-refractivity contribution in [2.75, 3.05) is 12.4 Å². The van der Waals surface area contributed by atoms with Gasteiger partial charge in [0.15, 0.2) is 5.01 Å². The number of anilines is 1. The van der Waals surface area contributed by atoms with Crippen molar-refractivity contribution in [1.29, 1.82) is 0 Å². The maximum atomic E-state index is 12.2. The van der Waals surface area contributed by atoms with E-state index < -0.39 is 0 Å². The molecular formula is C17H15N3O2S. The maximum absolute atomic E-state index is 12.2. The molecule has 23 heavy (non-hydrogen) atoms. The third-order valence-corrected chi connectivity index (χ3v) is 4.17. The number of rotatable bonds is 4. The summed E-state index contributed by atoms with van der Waals surface area (Å²) in [6, 6.07) is 14.9. The van der Waals surface area contributed by atoms with Crippen molar-refractivity contribution in [3.8, 4) is 16.3 Å². The Hall–Kier alpha value is -2.73. The van der Waals surface area contributed by atoms with Crippen LogP contribution >= 0.6 is 11.3 Å². The molecule has 5 nitrogen and oxygen atoms in total. The van der Waals surface area contributed by atoms with Crippen LogP contribution in [0.25, 0.3) is 10.6 Å². The Balaban J connectivity index is 1.79. The van der Waals surface area contributed by atoms with E-state index in [1.807, 2.05) is 43.3 Å². The summed E-state index contributed by atoms with van der Waals surface area (Å²) in [6.45, 7) is 1.98. The van der Waals surface area contributed by atoms with Crippen molar-refractivity contribution >= 4 is 22.4 Å². The molecule has 0 radical (unpaired) electrons. The lowest BCUT2D eigenvalue weighted by atomic mass is 10.1. The summed E-state index contributed by atoms with van der Waals surface area (Å²) in [7, 11) is 1.61. The normalized spacial score (nSPS) is 10.3. The number of nitrogens with one attached hydrogen (secondary N) is 1. The maximum Gasteiger partial charge on any atom is 0.257 e. The Kier molecular flexibility index (Phi) is 4.34. The van der Waals surface area contributed by atoms with Crippen LogP contribution in [0.1, 0.15) is 15.9 Å². The Morgan fingerprint density at radius 3 is 2.57 bits per heavy atom. The number of carbonyl (C=O) groups excluding carboxylic acids is 1. The predicted octanol–water partition coefficient (Wildman–Crippen LogP) is 3.77. The van der Waals surface area contributed by atoms with E-state index in [1.54, 1.807) is 19.2 Å². The molecule has 1 amide bonds. The number of aryl methyl sites for hydroxylation is 1. The van der Waals surface area contributed by atoms with Gasteiger partial charge in [-0.15, -0.1) is 10.2 Å². The zero-order valence-electron chi connectivity index (χ0n) is 12.7. The highest BCUT2D eigenvalue weighted by molar-refractivity contribution is 7.18. The number of hydrogen-bond acceptors (Lipinski definition) is 5. The quantitative estimate of drug-likeness (QED) is 0.793. The van der Waals surface area contributed by atoms with Crippen molar-refractivity contribution in [3.63, 3.8) is 0 Å². The summed E-state index contributed by atoms with van der Waals surface area (Å²) in [5.74, 6) is 0.521. The van der Waals surface area contributed by atoms with Gasteiger partial charge in [-0.1, -0.05) is 41.2 Å². The summed E-state index contributed by atoms with van der Waals surface area (Å²) >= 11 is 1.31. The number of para-hydroxylation sites is 1. The van der Waals surface area contributed by atoms with Crippen LogP contribution in [0.2, 0.25) is 0 Å². The second-order valence-corrected chi connectivity index (χ2v) is 5.91. The summed E-state index contributed by atoms with van der Waals surface area (Å²) in [6.07, 6.45) is 0. The Labute approximate surface area is 138 Å². The first-order valence-corrected chi connectivity index (χ1v) is 7.84.